The molecular weight excluding hydrogens is 345 g/mol. The molecule has 0 aliphatic rings. The van der Waals surface area contributed by atoms with E-state index in [0.717, 1.165) is 31.7 Å². The number of carbonyl (C=O) groups is 1. The Labute approximate surface area is 151 Å². The van der Waals surface area contributed by atoms with Crippen molar-refractivity contribution in [2.24, 2.45) is 0 Å². The van der Waals surface area contributed by atoms with Gasteiger partial charge in [-0.25, -0.2) is 9.50 Å². The first-order valence-corrected chi connectivity index (χ1v) is 8.80. The van der Waals surface area contributed by atoms with Gasteiger partial charge in [0.25, 0.3) is 5.91 Å². The maximum absolute atomic E-state index is 13.4. The summed E-state index contributed by atoms with van der Waals surface area (Å²) in [6.45, 7) is 7.91. The molecule has 2 heterocycles. The zero-order valence-corrected chi connectivity index (χ0v) is 15.6. The third-order valence-corrected chi connectivity index (χ3v) is 4.03. The molecule has 0 spiro atoms. The zero-order valence-electron chi connectivity index (χ0n) is 15.6. The summed E-state index contributed by atoms with van der Waals surface area (Å²) in [4.78, 5) is 16.5. The molecule has 0 aliphatic heterocycles. The van der Waals surface area contributed by atoms with E-state index in [4.69, 9.17) is 0 Å². The van der Waals surface area contributed by atoms with Gasteiger partial charge in [-0.2, -0.15) is 18.3 Å². The van der Waals surface area contributed by atoms with E-state index < -0.39 is 23.2 Å². The molecule has 0 saturated carbocycles. The summed E-state index contributed by atoms with van der Waals surface area (Å²) in [5.41, 5.74) is -1.25. The highest BCUT2D eigenvalue weighted by atomic mass is 19.4. The highest BCUT2D eigenvalue weighted by Gasteiger charge is 2.36. The summed E-state index contributed by atoms with van der Waals surface area (Å²) in [7, 11) is 0. The fraction of sp³-hybridized carbons (Fsp3) is 0.611. The quantitative estimate of drug-likeness (QED) is 0.769. The summed E-state index contributed by atoms with van der Waals surface area (Å²) in [6.07, 6.45) is -0.605. The summed E-state index contributed by atoms with van der Waals surface area (Å²) in [6, 6.07) is 2.29. The van der Waals surface area contributed by atoms with Crippen LogP contribution in [0.1, 0.15) is 75.3 Å². The van der Waals surface area contributed by atoms with Gasteiger partial charge >= 0.3 is 6.18 Å². The van der Waals surface area contributed by atoms with Gasteiger partial charge in [-0.05, 0) is 12.5 Å². The molecule has 2 aromatic heterocycles. The average Bonchev–Trinajstić information content (AvgIpc) is 2.95. The lowest BCUT2D eigenvalue weighted by Gasteiger charge is -2.19. The Morgan fingerprint density at radius 2 is 1.85 bits per heavy atom. The number of aromatic nitrogens is 3. The van der Waals surface area contributed by atoms with Gasteiger partial charge in [0.15, 0.2) is 11.3 Å². The molecule has 1 N–H and O–H groups in total. The minimum absolute atomic E-state index is 0.0147. The van der Waals surface area contributed by atoms with Crippen LogP contribution in [0.3, 0.4) is 0 Å². The van der Waals surface area contributed by atoms with Crippen LogP contribution in [0, 0.1) is 0 Å². The number of hydrogen-bond donors (Lipinski definition) is 1. The number of rotatable bonds is 6. The van der Waals surface area contributed by atoms with Gasteiger partial charge in [-0.3, -0.25) is 4.79 Å². The minimum Gasteiger partial charge on any atom is -0.351 e. The second-order valence-electron chi connectivity index (χ2n) is 7.39. The molecule has 0 unspecified atom stereocenters. The molecule has 2 aromatic rings. The van der Waals surface area contributed by atoms with Gasteiger partial charge in [-0.15, -0.1) is 0 Å². The summed E-state index contributed by atoms with van der Waals surface area (Å²) >= 11 is 0. The van der Waals surface area contributed by atoms with Crippen molar-refractivity contribution in [3.8, 4) is 0 Å². The number of alkyl halides is 3. The molecule has 0 atom stereocenters. The van der Waals surface area contributed by atoms with Crippen molar-refractivity contribution in [3.63, 3.8) is 0 Å². The fourth-order valence-corrected chi connectivity index (χ4v) is 2.52. The molecule has 0 aliphatic carbocycles. The highest BCUT2D eigenvalue weighted by Crippen LogP contribution is 2.32. The van der Waals surface area contributed by atoms with Crippen LogP contribution in [0.15, 0.2) is 12.1 Å². The number of fused-ring (bicyclic) bond motifs is 1. The smallest absolute Gasteiger partial charge is 0.351 e. The lowest BCUT2D eigenvalue weighted by atomic mass is 9.91. The first kappa shape index (κ1) is 20.2. The normalized spacial score (nSPS) is 12.6. The Morgan fingerprint density at radius 3 is 2.42 bits per heavy atom. The topological polar surface area (TPSA) is 59.3 Å². The Morgan fingerprint density at radius 1 is 1.15 bits per heavy atom. The number of unbranched alkanes of at least 4 members (excludes halogenated alkanes) is 3. The van der Waals surface area contributed by atoms with Crippen LogP contribution in [0.25, 0.3) is 5.65 Å². The zero-order chi connectivity index (χ0) is 19.5. The van der Waals surface area contributed by atoms with E-state index in [-0.39, 0.29) is 11.3 Å². The van der Waals surface area contributed by atoms with Crippen LogP contribution in [-0.2, 0) is 11.6 Å². The molecule has 0 aromatic carbocycles. The largest absolute Gasteiger partial charge is 0.433 e. The van der Waals surface area contributed by atoms with Gasteiger partial charge in [0.1, 0.15) is 5.69 Å². The Bertz CT molecular complexity index is 775. The predicted molar refractivity (Wildman–Crippen MR) is 93.2 cm³/mol. The van der Waals surface area contributed by atoms with Gasteiger partial charge in [0.2, 0.25) is 0 Å². The van der Waals surface area contributed by atoms with Gasteiger partial charge < -0.3 is 5.32 Å². The van der Waals surface area contributed by atoms with Crippen LogP contribution in [-0.4, -0.2) is 27.0 Å². The van der Waals surface area contributed by atoms with Gasteiger partial charge in [0.05, 0.1) is 5.69 Å². The van der Waals surface area contributed by atoms with E-state index in [9.17, 15) is 18.0 Å². The number of hydrogen-bond acceptors (Lipinski definition) is 3. The molecule has 0 fully saturated rings. The first-order chi connectivity index (χ1) is 12.0. The monoisotopic (exact) mass is 370 g/mol. The molecule has 0 bridgehead atoms. The number of halogens is 3. The van der Waals surface area contributed by atoms with Crippen molar-refractivity contribution >= 4 is 11.6 Å². The van der Waals surface area contributed by atoms with E-state index in [1.807, 2.05) is 0 Å². The average molecular weight is 370 g/mol. The fourth-order valence-electron chi connectivity index (χ4n) is 2.52. The summed E-state index contributed by atoms with van der Waals surface area (Å²) in [5.74, 6) is -0.488. The third kappa shape index (κ3) is 4.74. The molecule has 0 saturated heterocycles. The summed E-state index contributed by atoms with van der Waals surface area (Å²) < 4.78 is 41.0. The number of carbonyl (C=O) groups excluding carboxylic acids is 1. The molecule has 26 heavy (non-hydrogen) atoms. The SMILES string of the molecule is CCCCCCNC(=O)c1cc2nc(C(C)(C)C)cc(C(F)(F)F)n2n1. The lowest BCUT2D eigenvalue weighted by molar-refractivity contribution is -0.142. The predicted octanol–water partition coefficient (Wildman–Crippen LogP) is 4.36. The van der Waals surface area contributed by atoms with E-state index in [0.29, 0.717) is 16.8 Å². The molecule has 1 amide bonds. The third-order valence-electron chi connectivity index (χ3n) is 4.03. The maximum atomic E-state index is 13.4. The number of nitrogens with zero attached hydrogens (tertiary/aromatic N) is 3. The second-order valence-corrected chi connectivity index (χ2v) is 7.39. The van der Waals surface area contributed by atoms with Crippen molar-refractivity contribution in [2.75, 3.05) is 6.54 Å². The van der Waals surface area contributed by atoms with E-state index in [1.54, 1.807) is 20.8 Å². The van der Waals surface area contributed by atoms with Crippen molar-refractivity contribution in [1.82, 2.24) is 19.9 Å². The van der Waals surface area contributed by atoms with E-state index in [2.05, 4.69) is 22.3 Å². The van der Waals surface area contributed by atoms with Crippen LogP contribution in [0.2, 0.25) is 0 Å². The van der Waals surface area contributed by atoms with Gasteiger partial charge in [-0.1, -0.05) is 47.0 Å². The summed E-state index contributed by atoms with van der Waals surface area (Å²) in [5, 5.41) is 6.54. The molecule has 8 heteroatoms. The molecule has 2 rings (SSSR count). The Balaban J connectivity index is 2.32. The molecule has 144 valence electrons. The van der Waals surface area contributed by atoms with Crippen molar-refractivity contribution in [2.45, 2.75) is 65.0 Å². The molecule has 0 radical (unpaired) electrons. The van der Waals surface area contributed by atoms with Crippen molar-refractivity contribution in [3.05, 3.63) is 29.2 Å². The van der Waals surface area contributed by atoms with E-state index >= 15 is 0 Å². The van der Waals surface area contributed by atoms with Crippen molar-refractivity contribution in [1.29, 1.82) is 0 Å². The highest BCUT2D eigenvalue weighted by molar-refractivity contribution is 5.93. The van der Waals surface area contributed by atoms with Gasteiger partial charge in [0, 0.05) is 18.0 Å². The van der Waals surface area contributed by atoms with Crippen LogP contribution < -0.4 is 5.32 Å². The lowest BCUT2D eigenvalue weighted by Crippen LogP contribution is -2.25. The van der Waals surface area contributed by atoms with Crippen molar-refractivity contribution < 1.29 is 18.0 Å². The van der Waals surface area contributed by atoms with Crippen LogP contribution in [0.4, 0.5) is 13.2 Å². The Kier molecular flexibility index (Phi) is 5.93. The molecular formula is C18H25F3N4O. The molecule has 5 nitrogen and oxygen atoms in total. The Hall–Kier alpha value is -2.12. The van der Waals surface area contributed by atoms with E-state index in [1.165, 1.54) is 6.07 Å². The number of nitrogens with one attached hydrogen (secondary N) is 1. The number of amides is 1. The second kappa shape index (κ2) is 7.63. The standard InChI is InChI=1S/C18H25F3N4O/c1-5-6-7-8-9-22-16(26)12-10-15-23-13(17(2,3)4)11-14(18(19,20)21)25(15)24-12/h10-11H,5-9H2,1-4H3,(H,22,26). The minimum atomic E-state index is -4.60. The van der Waals surface area contributed by atoms with Crippen LogP contribution >= 0.6 is 0 Å². The first-order valence-electron chi connectivity index (χ1n) is 8.80. The van der Waals surface area contributed by atoms with Crippen LogP contribution in [0.5, 0.6) is 0 Å². The maximum Gasteiger partial charge on any atom is 0.433 e.